The lowest BCUT2D eigenvalue weighted by atomic mass is 9.76. The number of carbonyl (C=O) groups is 3. The lowest BCUT2D eigenvalue weighted by Gasteiger charge is -2.38. The first-order valence-corrected chi connectivity index (χ1v) is 23.3. The summed E-state index contributed by atoms with van der Waals surface area (Å²) in [5.74, 6) is -0.156. The molecule has 0 aromatic heterocycles. The summed E-state index contributed by atoms with van der Waals surface area (Å²) in [6, 6.07) is 49.0. The molecule has 0 radical (unpaired) electrons. The van der Waals surface area contributed by atoms with Crippen LogP contribution in [0.4, 0.5) is 5.69 Å². The van der Waals surface area contributed by atoms with E-state index in [1.165, 1.54) is 96.9 Å². The Hall–Kier alpha value is -8.63. The molecule has 10 heteroatoms. The smallest absolute Gasteiger partial charge is 0.343 e. The standard InChI is InChI=1S/C60H47NO9/c1-59(2)50-14-8-7-13-46(50)53-48-35-52(69-58(65)39-19-29-45(30-20-39)68-57(64)38-17-27-44(28-18-38)67-56(63)37-15-25-43(62)26-16-37)51(66-3)36-49(48)55-47(54(53)59)31-32-60(70-55,40-11-5-4-6-12-40)41-21-23-42(24-22-41)61-33-9-10-34-61/h4-8,11-32,35-36,62H,9-10,33-34H2,1-3H3. The molecule has 8 aromatic carbocycles. The van der Waals surface area contributed by atoms with Gasteiger partial charge < -0.3 is 33.7 Å². The number of phenols is 1. The Balaban J connectivity index is 0.905. The molecule has 1 unspecified atom stereocenters. The topological polar surface area (TPSA) is 121 Å². The Labute approximate surface area is 404 Å². The highest BCUT2D eigenvalue weighted by Crippen LogP contribution is 2.59. The SMILES string of the molecule is COc1cc2c3c(c4c(c2cc1OC(=O)c1ccc(OC(=O)c2ccc(OC(=O)c5ccc(O)cc5)cc2)cc1)-c1ccccc1C4(C)C)C=CC(c1ccccc1)(c1ccc(N2CCCC2)cc1)O3. The third kappa shape index (κ3) is 7.67. The zero-order valence-electron chi connectivity index (χ0n) is 38.7. The maximum absolute atomic E-state index is 14.0. The van der Waals surface area contributed by atoms with Crippen molar-refractivity contribution in [3.8, 4) is 45.6 Å². The van der Waals surface area contributed by atoms with Crippen LogP contribution in [0.2, 0.25) is 0 Å². The minimum atomic E-state index is -0.968. The molecule has 1 N–H and O–H groups in total. The first kappa shape index (κ1) is 43.9. The fraction of sp³-hybridized carbons (Fsp3) is 0.150. The van der Waals surface area contributed by atoms with E-state index in [-0.39, 0.29) is 39.7 Å². The number of carbonyl (C=O) groups excluding carboxylic acids is 3. The van der Waals surface area contributed by atoms with Gasteiger partial charge in [0.15, 0.2) is 17.1 Å². The average Bonchev–Trinajstić information content (AvgIpc) is 4.02. The van der Waals surface area contributed by atoms with Gasteiger partial charge in [0.1, 0.15) is 23.0 Å². The molecule has 0 amide bonds. The first-order chi connectivity index (χ1) is 34.0. The number of phenolic OH excluding ortho intramolecular Hbond substituents is 1. The predicted molar refractivity (Wildman–Crippen MR) is 269 cm³/mol. The zero-order chi connectivity index (χ0) is 48.1. The molecule has 1 fully saturated rings. The van der Waals surface area contributed by atoms with Crippen molar-refractivity contribution in [2.75, 3.05) is 25.1 Å². The summed E-state index contributed by atoms with van der Waals surface area (Å²) in [6.07, 6.45) is 6.81. The number of anilines is 1. The van der Waals surface area contributed by atoms with Crippen molar-refractivity contribution in [1.82, 2.24) is 0 Å². The van der Waals surface area contributed by atoms with Gasteiger partial charge in [-0.25, -0.2) is 14.4 Å². The van der Waals surface area contributed by atoms with E-state index in [1.54, 1.807) is 7.11 Å². The van der Waals surface area contributed by atoms with Gasteiger partial charge in [-0.15, -0.1) is 0 Å². The fourth-order valence-corrected chi connectivity index (χ4v) is 10.2. The van der Waals surface area contributed by atoms with E-state index in [4.69, 9.17) is 23.7 Å². The highest BCUT2D eigenvalue weighted by atomic mass is 16.6. The number of hydrogen-bond acceptors (Lipinski definition) is 10. The highest BCUT2D eigenvalue weighted by molar-refractivity contribution is 6.10. The maximum Gasteiger partial charge on any atom is 0.343 e. The van der Waals surface area contributed by atoms with Gasteiger partial charge in [0.05, 0.1) is 23.8 Å². The molecule has 2 aliphatic heterocycles. The van der Waals surface area contributed by atoms with Crippen LogP contribution in [0.3, 0.4) is 0 Å². The molecular formula is C60H47NO9. The summed E-state index contributed by atoms with van der Waals surface area (Å²) in [6.45, 7) is 6.60. The Morgan fingerprint density at radius 2 is 1.14 bits per heavy atom. The molecule has 3 aliphatic rings. The average molecular weight is 926 g/mol. The summed E-state index contributed by atoms with van der Waals surface area (Å²) in [7, 11) is 1.55. The molecular weight excluding hydrogens is 879 g/mol. The molecule has 2 heterocycles. The van der Waals surface area contributed by atoms with Crippen LogP contribution in [0.5, 0.6) is 34.5 Å². The van der Waals surface area contributed by atoms with Crippen LogP contribution in [0, 0.1) is 0 Å². The van der Waals surface area contributed by atoms with Crippen molar-refractivity contribution in [3.63, 3.8) is 0 Å². The van der Waals surface area contributed by atoms with Gasteiger partial charge in [0.25, 0.3) is 0 Å². The van der Waals surface area contributed by atoms with E-state index in [9.17, 15) is 19.5 Å². The van der Waals surface area contributed by atoms with E-state index in [0.717, 1.165) is 57.2 Å². The Morgan fingerprint density at radius 1 is 0.600 bits per heavy atom. The number of ether oxygens (including phenoxy) is 5. The van der Waals surface area contributed by atoms with E-state index in [2.05, 4.69) is 91.6 Å². The number of aromatic hydroxyl groups is 1. The van der Waals surface area contributed by atoms with Crippen molar-refractivity contribution in [1.29, 1.82) is 0 Å². The molecule has 10 nitrogen and oxygen atoms in total. The van der Waals surface area contributed by atoms with Gasteiger partial charge in [0.2, 0.25) is 0 Å². The summed E-state index contributed by atoms with van der Waals surface area (Å²) < 4.78 is 30.8. The molecule has 346 valence electrons. The van der Waals surface area contributed by atoms with Crippen molar-refractivity contribution >= 4 is 40.4 Å². The van der Waals surface area contributed by atoms with Gasteiger partial charge >= 0.3 is 17.9 Å². The number of nitrogens with zero attached hydrogens (tertiary/aromatic N) is 1. The number of methoxy groups -OCH3 is 1. The molecule has 11 rings (SSSR count). The second-order valence-electron chi connectivity index (χ2n) is 18.3. The predicted octanol–water partition coefficient (Wildman–Crippen LogP) is 12.5. The van der Waals surface area contributed by atoms with Gasteiger partial charge in [-0.3, -0.25) is 0 Å². The molecule has 1 saturated heterocycles. The summed E-state index contributed by atoms with van der Waals surface area (Å²) in [4.78, 5) is 42.0. The van der Waals surface area contributed by atoms with Crippen molar-refractivity contribution in [3.05, 3.63) is 214 Å². The normalized spacial score (nSPS) is 16.1. The molecule has 70 heavy (non-hydrogen) atoms. The van der Waals surface area contributed by atoms with Crippen LogP contribution >= 0.6 is 0 Å². The van der Waals surface area contributed by atoms with Crippen LogP contribution in [0.25, 0.3) is 28.0 Å². The second-order valence-corrected chi connectivity index (χ2v) is 18.3. The minimum Gasteiger partial charge on any atom is -0.508 e. The molecule has 1 aliphatic carbocycles. The number of esters is 3. The van der Waals surface area contributed by atoms with Crippen LogP contribution in [0.15, 0.2) is 170 Å². The molecule has 0 saturated carbocycles. The lowest BCUT2D eigenvalue weighted by Crippen LogP contribution is -2.35. The van der Waals surface area contributed by atoms with Gasteiger partial charge in [0, 0.05) is 46.3 Å². The number of benzene rings is 8. The monoisotopic (exact) mass is 925 g/mol. The van der Waals surface area contributed by atoms with Crippen molar-refractivity contribution in [2.24, 2.45) is 0 Å². The number of rotatable bonds is 10. The van der Waals surface area contributed by atoms with Gasteiger partial charge in [-0.1, -0.05) is 86.7 Å². The van der Waals surface area contributed by atoms with Crippen LogP contribution in [-0.2, 0) is 11.0 Å². The molecule has 1 atom stereocenters. The Bertz CT molecular complexity index is 3370. The summed E-state index contributed by atoms with van der Waals surface area (Å²) in [5, 5.41) is 11.2. The molecule has 8 aromatic rings. The van der Waals surface area contributed by atoms with Gasteiger partial charge in [-0.05, 0) is 144 Å². The summed E-state index contributed by atoms with van der Waals surface area (Å²) in [5.41, 5.74) is 7.95. The van der Waals surface area contributed by atoms with E-state index < -0.39 is 28.9 Å². The number of hydrogen-bond donors (Lipinski definition) is 1. The zero-order valence-corrected chi connectivity index (χ0v) is 38.7. The molecule has 0 bridgehead atoms. The van der Waals surface area contributed by atoms with Crippen LogP contribution < -0.4 is 28.6 Å². The second kappa shape index (κ2) is 17.5. The van der Waals surface area contributed by atoms with E-state index in [0.29, 0.717) is 11.5 Å². The van der Waals surface area contributed by atoms with Crippen molar-refractivity contribution < 1.29 is 43.2 Å². The highest BCUT2D eigenvalue weighted by Gasteiger charge is 2.44. The Kier molecular flexibility index (Phi) is 11.0. The minimum absolute atomic E-state index is 0.0305. The lowest BCUT2D eigenvalue weighted by molar-refractivity contribution is 0.0722. The van der Waals surface area contributed by atoms with Crippen LogP contribution in [-0.4, -0.2) is 43.2 Å². The van der Waals surface area contributed by atoms with Crippen LogP contribution in [0.1, 0.15) is 85.6 Å². The van der Waals surface area contributed by atoms with E-state index >= 15 is 0 Å². The quantitative estimate of drug-likeness (QED) is 0.105. The largest absolute Gasteiger partial charge is 0.508 e. The maximum atomic E-state index is 14.0. The van der Waals surface area contributed by atoms with Crippen molar-refractivity contribution in [2.45, 2.75) is 37.7 Å². The van der Waals surface area contributed by atoms with E-state index in [1.807, 2.05) is 30.3 Å². The number of fused-ring (bicyclic) bond motifs is 8. The first-order valence-electron chi connectivity index (χ1n) is 23.3. The van der Waals surface area contributed by atoms with Gasteiger partial charge in [-0.2, -0.15) is 0 Å². The third-order valence-corrected chi connectivity index (χ3v) is 13.7. The molecule has 0 spiro atoms. The summed E-state index contributed by atoms with van der Waals surface area (Å²) >= 11 is 0. The Morgan fingerprint density at radius 3 is 1.76 bits per heavy atom. The fourth-order valence-electron chi connectivity index (χ4n) is 10.2. The third-order valence-electron chi connectivity index (χ3n) is 13.7.